The number of para-hydroxylation sites is 1. The first-order valence-electron chi connectivity index (χ1n) is 9.36. The maximum absolute atomic E-state index is 13.1. The summed E-state index contributed by atoms with van der Waals surface area (Å²) in [6, 6.07) is 20.3. The van der Waals surface area contributed by atoms with E-state index in [9.17, 15) is 4.79 Å². The number of hydrogen-bond donors (Lipinski definition) is 1. The third-order valence-corrected chi connectivity index (χ3v) is 4.91. The molecule has 1 aromatic heterocycles. The largest absolute Gasteiger partial charge is 0.381 e. The number of pyridine rings is 1. The molecule has 0 fully saturated rings. The second-order valence-corrected chi connectivity index (χ2v) is 6.96. The van der Waals surface area contributed by atoms with Gasteiger partial charge in [-0.2, -0.15) is 0 Å². The lowest BCUT2D eigenvalue weighted by Gasteiger charge is -2.29. The monoisotopic (exact) mass is 357 g/mol. The van der Waals surface area contributed by atoms with Crippen LogP contribution in [0.2, 0.25) is 0 Å². The Bertz CT molecular complexity index is 967. The summed E-state index contributed by atoms with van der Waals surface area (Å²) in [5, 5.41) is 3.39. The Balaban J connectivity index is 1.52. The zero-order valence-electron chi connectivity index (χ0n) is 15.5. The number of fused-ring (bicyclic) bond motifs is 1. The fourth-order valence-electron chi connectivity index (χ4n) is 3.57. The van der Waals surface area contributed by atoms with Gasteiger partial charge in [-0.3, -0.25) is 9.78 Å². The normalized spacial score (nSPS) is 13.1. The number of rotatable bonds is 4. The third kappa shape index (κ3) is 3.85. The van der Waals surface area contributed by atoms with Gasteiger partial charge in [0.05, 0.1) is 0 Å². The Labute approximate surface area is 159 Å². The van der Waals surface area contributed by atoms with Crippen molar-refractivity contribution in [3.63, 3.8) is 0 Å². The number of carbonyl (C=O) groups excluding carboxylic acids is 1. The van der Waals surface area contributed by atoms with Crippen molar-refractivity contribution in [3.05, 3.63) is 89.2 Å². The number of nitrogens with one attached hydrogen (secondary N) is 1. The average Bonchev–Trinajstić information content (AvgIpc) is 2.71. The molecule has 0 radical (unpaired) electrons. The van der Waals surface area contributed by atoms with E-state index in [0.717, 1.165) is 30.8 Å². The van der Waals surface area contributed by atoms with Crippen LogP contribution in [0.1, 0.15) is 33.6 Å². The van der Waals surface area contributed by atoms with Gasteiger partial charge in [0.2, 0.25) is 0 Å². The van der Waals surface area contributed by atoms with E-state index < -0.39 is 0 Å². The predicted octanol–water partition coefficient (Wildman–Crippen LogP) is 4.60. The second kappa shape index (κ2) is 7.62. The van der Waals surface area contributed by atoms with Gasteiger partial charge in [0, 0.05) is 30.7 Å². The standard InChI is InChI=1S/C23H23N3O/c1-17-6-4-7-18(14-17)16-25-20-11-12-24-21(15-20)23(27)26-13-5-9-19-8-2-3-10-22(19)26/h2-4,6-8,10-12,14-15H,5,9,13,16H2,1H3,(H,24,25). The molecule has 27 heavy (non-hydrogen) atoms. The predicted molar refractivity (Wildman–Crippen MR) is 109 cm³/mol. The van der Waals surface area contributed by atoms with Gasteiger partial charge in [0.25, 0.3) is 5.91 Å². The van der Waals surface area contributed by atoms with Crippen LogP contribution in [-0.4, -0.2) is 17.4 Å². The van der Waals surface area contributed by atoms with Gasteiger partial charge in [-0.1, -0.05) is 48.0 Å². The molecule has 4 heteroatoms. The van der Waals surface area contributed by atoms with E-state index in [0.29, 0.717) is 12.2 Å². The molecule has 0 aliphatic carbocycles. The second-order valence-electron chi connectivity index (χ2n) is 6.96. The van der Waals surface area contributed by atoms with Crippen LogP contribution in [-0.2, 0) is 13.0 Å². The highest BCUT2D eigenvalue weighted by Crippen LogP contribution is 2.28. The number of benzene rings is 2. The van der Waals surface area contributed by atoms with Crippen LogP contribution in [0.15, 0.2) is 66.9 Å². The third-order valence-electron chi connectivity index (χ3n) is 4.91. The van der Waals surface area contributed by atoms with Crippen LogP contribution in [0.3, 0.4) is 0 Å². The molecule has 0 unspecified atom stereocenters. The molecular formula is C23H23N3O. The van der Waals surface area contributed by atoms with Gasteiger partial charge in [0.1, 0.15) is 5.69 Å². The van der Waals surface area contributed by atoms with Crippen LogP contribution >= 0.6 is 0 Å². The van der Waals surface area contributed by atoms with E-state index in [-0.39, 0.29) is 5.91 Å². The molecule has 1 aliphatic rings. The summed E-state index contributed by atoms with van der Waals surface area (Å²) in [7, 11) is 0. The van der Waals surface area contributed by atoms with E-state index in [1.807, 2.05) is 35.2 Å². The number of hydrogen-bond acceptors (Lipinski definition) is 3. The molecule has 0 saturated heterocycles. The van der Waals surface area contributed by atoms with Crippen molar-refractivity contribution >= 4 is 17.3 Å². The van der Waals surface area contributed by atoms with Crippen molar-refractivity contribution in [1.29, 1.82) is 0 Å². The van der Waals surface area contributed by atoms with Crippen molar-refractivity contribution in [1.82, 2.24) is 4.98 Å². The van der Waals surface area contributed by atoms with Gasteiger partial charge < -0.3 is 10.2 Å². The molecule has 0 saturated carbocycles. The summed E-state index contributed by atoms with van der Waals surface area (Å²) < 4.78 is 0. The molecule has 0 bridgehead atoms. The van der Waals surface area contributed by atoms with E-state index in [1.54, 1.807) is 6.20 Å². The summed E-state index contributed by atoms with van der Waals surface area (Å²) in [6.45, 7) is 3.54. The minimum absolute atomic E-state index is 0.0404. The highest BCUT2D eigenvalue weighted by atomic mass is 16.2. The van der Waals surface area contributed by atoms with Crippen molar-refractivity contribution in [2.75, 3.05) is 16.8 Å². The maximum atomic E-state index is 13.1. The minimum atomic E-state index is -0.0404. The summed E-state index contributed by atoms with van der Waals surface area (Å²) in [6.07, 6.45) is 3.70. The number of aryl methyl sites for hydroxylation is 2. The van der Waals surface area contributed by atoms with Gasteiger partial charge >= 0.3 is 0 Å². The Kier molecular flexibility index (Phi) is 4.88. The van der Waals surface area contributed by atoms with Gasteiger partial charge in [-0.25, -0.2) is 0 Å². The smallest absolute Gasteiger partial charge is 0.276 e. The Hall–Kier alpha value is -3.14. The number of nitrogens with zero attached hydrogens (tertiary/aromatic N) is 2. The number of amides is 1. The van der Waals surface area contributed by atoms with Crippen LogP contribution in [0, 0.1) is 6.92 Å². The topological polar surface area (TPSA) is 45.2 Å². The molecule has 2 aromatic carbocycles. The van der Waals surface area contributed by atoms with E-state index in [2.05, 4.69) is 47.6 Å². The average molecular weight is 357 g/mol. The van der Waals surface area contributed by atoms with Crippen molar-refractivity contribution in [3.8, 4) is 0 Å². The zero-order chi connectivity index (χ0) is 18.6. The number of anilines is 2. The first kappa shape index (κ1) is 17.3. The van der Waals surface area contributed by atoms with Gasteiger partial charge in [-0.05, 0) is 49.1 Å². The summed E-state index contributed by atoms with van der Waals surface area (Å²) in [5.74, 6) is -0.0404. The van der Waals surface area contributed by atoms with Crippen molar-refractivity contribution < 1.29 is 4.79 Å². The summed E-state index contributed by atoms with van der Waals surface area (Å²) in [4.78, 5) is 19.2. The lowest BCUT2D eigenvalue weighted by atomic mass is 10.0. The molecule has 1 amide bonds. The van der Waals surface area contributed by atoms with Crippen molar-refractivity contribution in [2.45, 2.75) is 26.3 Å². The van der Waals surface area contributed by atoms with Crippen LogP contribution in [0.5, 0.6) is 0 Å². The first-order valence-corrected chi connectivity index (χ1v) is 9.36. The fourth-order valence-corrected chi connectivity index (χ4v) is 3.57. The van der Waals surface area contributed by atoms with Crippen LogP contribution < -0.4 is 10.2 Å². The Morgan fingerprint density at radius 1 is 1.11 bits per heavy atom. The maximum Gasteiger partial charge on any atom is 0.276 e. The Morgan fingerprint density at radius 3 is 2.89 bits per heavy atom. The van der Waals surface area contributed by atoms with Crippen molar-refractivity contribution in [2.24, 2.45) is 0 Å². The molecule has 4 nitrogen and oxygen atoms in total. The van der Waals surface area contributed by atoms with Crippen LogP contribution in [0.4, 0.5) is 11.4 Å². The Morgan fingerprint density at radius 2 is 2.00 bits per heavy atom. The lowest BCUT2D eigenvalue weighted by molar-refractivity contribution is 0.0980. The summed E-state index contributed by atoms with van der Waals surface area (Å²) >= 11 is 0. The lowest BCUT2D eigenvalue weighted by Crippen LogP contribution is -2.35. The van der Waals surface area contributed by atoms with Gasteiger partial charge in [-0.15, -0.1) is 0 Å². The highest BCUT2D eigenvalue weighted by Gasteiger charge is 2.24. The molecule has 136 valence electrons. The van der Waals surface area contributed by atoms with E-state index >= 15 is 0 Å². The van der Waals surface area contributed by atoms with Crippen LogP contribution in [0.25, 0.3) is 0 Å². The molecule has 0 spiro atoms. The molecule has 0 atom stereocenters. The quantitative estimate of drug-likeness (QED) is 0.742. The molecule has 1 aliphatic heterocycles. The SMILES string of the molecule is Cc1cccc(CNc2ccnc(C(=O)N3CCCc4ccccc43)c2)c1. The van der Waals surface area contributed by atoms with Gasteiger partial charge in [0.15, 0.2) is 0 Å². The molecule has 4 rings (SSSR count). The fraction of sp³-hybridized carbons (Fsp3) is 0.217. The molecule has 3 aromatic rings. The van der Waals surface area contributed by atoms with E-state index in [1.165, 1.54) is 16.7 Å². The number of aromatic nitrogens is 1. The highest BCUT2D eigenvalue weighted by molar-refractivity contribution is 6.05. The van der Waals surface area contributed by atoms with E-state index in [4.69, 9.17) is 0 Å². The minimum Gasteiger partial charge on any atom is -0.381 e. The zero-order valence-corrected chi connectivity index (χ0v) is 15.5. The first-order chi connectivity index (χ1) is 13.2. The number of carbonyl (C=O) groups is 1. The molecule has 1 N–H and O–H groups in total. The summed E-state index contributed by atoms with van der Waals surface area (Å²) in [5.41, 5.74) is 6.06. The molecular weight excluding hydrogens is 334 g/mol. The molecule has 2 heterocycles.